The van der Waals surface area contributed by atoms with Gasteiger partial charge < -0.3 is 14.6 Å². The summed E-state index contributed by atoms with van der Waals surface area (Å²) < 4.78 is 11.2. The van der Waals surface area contributed by atoms with Crippen molar-refractivity contribution in [1.82, 2.24) is 0 Å². The van der Waals surface area contributed by atoms with Crippen LogP contribution in [-0.2, 0) is 19.1 Å². The summed E-state index contributed by atoms with van der Waals surface area (Å²) in [5.74, 6) is -0.922. The highest BCUT2D eigenvalue weighted by molar-refractivity contribution is 5.89. The summed E-state index contributed by atoms with van der Waals surface area (Å²) in [5, 5.41) is 9.28. The zero-order valence-corrected chi connectivity index (χ0v) is 19.5. The maximum absolute atomic E-state index is 13.1. The number of aliphatic hydroxyl groups is 1. The second kappa shape index (κ2) is 7.93. The van der Waals surface area contributed by atoms with Crippen molar-refractivity contribution in [1.29, 1.82) is 0 Å². The Labute approximate surface area is 195 Å². The number of aliphatic hydroxyl groups excluding tert-OH is 1. The molecule has 4 aliphatic rings. The predicted molar refractivity (Wildman–Crippen MR) is 120 cm³/mol. The maximum Gasteiger partial charge on any atom is 0.338 e. The van der Waals surface area contributed by atoms with E-state index in [-0.39, 0.29) is 28.1 Å². The summed E-state index contributed by atoms with van der Waals surface area (Å²) in [5.41, 5.74) is -0.0736. The number of rotatable bonds is 4. The Kier molecular flexibility index (Phi) is 5.43. The van der Waals surface area contributed by atoms with Crippen LogP contribution >= 0.6 is 0 Å². The van der Waals surface area contributed by atoms with Gasteiger partial charge in [-0.15, -0.1) is 0 Å². The van der Waals surface area contributed by atoms with E-state index in [9.17, 15) is 19.5 Å². The van der Waals surface area contributed by atoms with Gasteiger partial charge >= 0.3 is 11.9 Å². The van der Waals surface area contributed by atoms with Gasteiger partial charge in [0.25, 0.3) is 0 Å². The molecule has 0 amide bonds. The number of carbonyl (C=O) groups excluding carboxylic acids is 3. The lowest BCUT2D eigenvalue weighted by atomic mass is 9.39. The van der Waals surface area contributed by atoms with Gasteiger partial charge in [-0.3, -0.25) is 9.59 Å². The highest BCUT2D eigenvalue weighted by Gasteiger charge is 2.71. The Balaban J connectivity index is 1.55. The molecule has 4 aliphatic carbocycles. The molecule has 1 spiro atoms. The molecule has 7 atom stereocenters. The smallest absolute Gasteiger partial charge is 0.338 e. The highest BCUT2D eigenvalue weighted by atomic mass is 16.6. The van der Waals surface area contributed by atoms with E-state index in [1.54, 1.807) is 24.3 Å². The number of ether oxygens (including phenoxy) is 2. The lowest BCUT2D eigenvalue weighted by Gasteiger charge is -2.65. The van der Waals surface area contributed by atoms with Gasteiger partial charge in [0.05, 0.1) is 11.5 Å². The van der Waals surface area contributed by atoms with Gasteiger partial charge in [0, 0.05) is 17.8 Å². The van der Waals surface area contributed by atoms with Crippen molar-refractivity contribution in [3.05, 3.63) is 35.9 Å². The van der Waals surface area contributed by atoms with Crippen LogP contribution in [0.2, 0.25) is 0 Å². The zero-order valence-electron chi connectivity index (χ0n) is 19.5. The van der Waals surface area contributed by atoms with Crippen LogP contribution < -0.4 is 0 Å². The number of fused-ring (bicyclic) bond motifs is 2. The molecule has 0 saturated heterocycles. The fourth-order valence-corrected chi connectivity index (χ4v) is 8.38. The molecule has 0 aliphatic heterocycles. The fourth-order valence-electron chi connectivity index (χ4n) is 8.38. The van der Waals surface area contributed by atoms with E-state index in [4.69, 9.17) is 9.47 Å². The molecule has 33 heavy (non-hydrogen) atoms. The summed E-state index contributed by atoms with van der Waals surface area (Å²) in [6.45, 7) is 3.74. The van der Waals surface area contributed by atoms with E-state index in [0.29, 0.717) is 30.6 Å². The second-order valence-electron chi connectivity index (χ2n) is 11.3. The van der Waals surface area contributed by atoms with Gasteiger partial charge in [0.2, 0.25) is 0 Å². The first-order valence-corrected chi connectivity index (χ1v) is 12.3. The number of hydrogen-bond acceptors (Lipinski definition) is 6. The minimum Gasteiger partial charge on any atom is -0.458 e. The average Bonchev–Trinajstić information content (AvgIpc) is 3.13. The van der Waals surface area contributed by atoms with Gasteiger partial charge in [-0.05, 0) is 67.4 Å². The van der Waals surface area contributed by atoms with E-state index >= 15 is 0 Å². The Bertz CT molecular complexity index is 959. The third kappa shape index (κ3) is 3.28. The van der Waals surface area contributed by atoms with E-state index in [2.05, 4.69) is 13.8 Å². The standard InChI is InChI=1S/C27H34O6/c1-25-11-12-27(15-25)18(14-21(25)29)13-20(33-23(30)17-7-4-3-5-8-17)22-19(24(31)32-16-28)9-6-10-26(22,27)2/h3-5,7-8,18-20,22,28H,6,9-16H2,1-2H3. The molecule has 178 valence electrons. The summed E-state index contributed by atoms with van der Waals surface area (Å²) in [6.07, 6.45) is 5.89. The van der Waals surface area contributed by atoms with E-state index < -0.39 is 30.8 Å². The fraction of sp³-hybridized carbons (Fsp3) is 0.667. The molecule has 5 rings (SSSR count). The van der Waals surface area contributed by atoms with Gasteiger partial charge in [-0.1, -0.05) is 38.5 Å². The Hall–Kier alpha value is -2.21. The van der Waals surface area contributed by atoms with E-state index in [0.717, 1.165) is 32.1 Å². The SMILES string of the molecule is CC12CCC3(C1)C(CC2=O)CC(OC(=O)c1ccccc1)C1C(C(=O)OCO)CCCC13C. The normalized spacial score (nSPS) is 41.6. The summed E-state index contributed by atoms with van der Waals surface area (Å²) >= 11 is 0. The van der Waals surface area contributed by atoms with Crippen molar-refractivity contribution >= 4 is 17.7 Å². The molecule has 6 heteroatoms. The molecule has 1 aromatic rings. The van der Waals surface area contributed by atoms with Crippen molar-refractivity contribution in [3.63, 3.8) is 0 Å². The third-order valence-electron chi connectivity index (χ3n) is 9.93. The van der Waals surface area contributed by atoms with Crippen molar-refractivity contribution in [3.8, 4) is 0 Å². The number of hydrogen-bond donors (Lipinski definition) is 1. The molecular weight excluding hydrogens is 420 g/mol. The van der Waals surface area contributed by atoms with Crippen molar-refractivity contribution in [2.24, 2.45) is 34.0 Å². The third-order valence-corrected chi connectivity index (χ3v) is 9.93. The van der Waals surface area contributed by atoms with Crippen LogP contribution in [0.25, 0.3) is 0 Å². The van der Waals surface area contributed by atoms with Gasteiger partial charge in [0.15, 0.2) is 6.79 Å². The van der Waals surface area contributed by atoms with Crippen LogP contribution in [0.4, 0.5) is 0 Å². The predicted octanol–water partition coefficient (Wildman–Crippen LogP) is 4.30. The Morgan fingerprint density at radius 2 is 1.88 bits per heavy atom. The lowest BCUT2D eigenvalue weighted by Crippen LogP contribution is -2.63. The molecule has 1 aromatic carbocycles. The summed E-state index contributed by atoms with van der Waals surface area (Å²) in [4.78, 5) is 39.2. The molecule has 7 unspecified atom stereocenters. The number of benzene rings is 1. The number of esters is 2. The summed E-state index contributed by atoms with van der Waals surface area (Å²) in [7, 11) is 0. The van der Waals surface area contributed by atoms with Gasteiger partial charge in [0.1, 0.15) is 11.9 Å². The first-order valence-electron chi connectivity index (χ1n) is 12.3. The molecule has 0 heterocycles. The number of carbonyl (C=O) groups is 3. The van der Waals surface area contributed by atoms with E-state index in [1.165, 1.54) is 0 Å². The minimum absolute atomic E-state index is 0.0336. The van der Waals surface area contributed by atoms with Crippen molar-refractivity contribution in [2.45, 2.75) is 71.3 Å². The topological polar surface area (TPSA) is 89.9 Å². The molecule has 6 nitrogen and oxygen atoms in total. The maximum atomic E-state index is 13.1. The zero-order chi connectivity index (χ0) is 23.4. The molecule has 0 radical (unpaired) electrons. The van der Waals surface area contributed by atoms with Crippen molar-refractivity contribution in [2.75, 3.05) is 6.79 Å². The first kappa shape index (κ1) is 22.6. The molecule has 0 aromatic heterocycles. The largest absolute Gasteiger partial charge is 0.458 e. The molecule has 4 saturated carbocycles. The Morgan fingerprint density at radius 1 is 1.12 bits per heavy atom. The van der Waals surface area contributed by atoms with Gasteiger partial charge in [-0.25, -0.2) is 4.79 Å². The molecule has 4 fully saturated rings. The Morgan fingerprint density at radius 3 is 2.61 bits per heavy atom. The van der Waals surface area contributed by atoms with Crippen LogP contribution in [0.1, 0.15) is 75.6 Å². The van der Waals surface area contributed by atoms with Crippen LogP contribution in [0.15, 0.2) is 30.3 Å². The molecule has 2 bridgehead atoms. The quantitative estimate of drug-likeness (QED) is 0.539. The van der Waals surface area contributed by atoms with Crippen molar-refractivity contribution < 1.29 is 29.0 Å². The first-order chi connectivity index (χ1) is 15.7. The van der Waals surface area contributed by atoms with Crippen LogP contribution in [0, 0.1) is 34.0 Å². The number of ketones is 1. The average molecular weight is 455 g/mol. The number of Topliss-reactive ketones (excluding diaryl/α,β-unsaturated/α-hetero) is 1. The van der Waals surface area contributed by atoms with E-state index in [1.807, 2.05) is 6.07 Å². The molecule has 1 N–H and O–H groups in total. The monoisotopic (exact) mass is 454 g/mol. The highest BCUT2D eigenvalue weighted by Crippen LogP contribution is 2.74. The lowest BCUT2D eigenvalue weighted by molar-refractivity contribution is -0.209. The summed E-state index contributed by atoms with van der Waals surface area (Å²) in [6, 6.07) is 8.92. The van der Waals surface area contributed by atoms with Crippen LogP contribution in [0.3, 0.4) is 0 Å². The van der Waals surface area contributed by atoms with Crippen LogP contribution in [0.5, 0.6) is 0 Å². The molecular formula is C27H34O6. The van der Waals surface area contributed by atoms with Gasteiger partial charge in [-0.2, -0.15) is 0 Å². The van der Waals surface area contributed by atoms with Crippen LogP contribution in [-0.4, -0.2) is 35.7 Å². The minimum atomic E-state index is -0.645. The second-order valence-corrected chi connectivity index (χ2v) is 11.3.